The second kappa shape index (κ2) is 4.73. The second-order valence-corrected chi connectivity index (χ2v) is 7.88. The van der Waals surface area contributed by atoms with Gasteiger partial charge in [-0.1, -0.05) is 30.0 Å². The van der Waals surface area contributed by atoms with Crippen LogP contribution in [-0.4, -0.2) is 46.4 Å². The molecule has 1 aliphatic rings. The van der Waals surface area contributed by atoms with Gasteiger partial charge >= 0.3 is 0 Å². The summed E-state index contributed by atoms with van der Waals surface area (Å²) in [6.45, 7) is 0. The molecule has 0 amide bonds. The van der Waals surface area contributed by atoms with Crippen LogP contribution in [0.1, 0.15) is 0 Å². The van der Waals surface area contributed by atoms with Crippen molar-refractivity contribution in [1.29, 1.82) is 0 Å². The SMILES string of the molecule is O=S1(=O)CC(O)C(Sc2ncnc3ccccc23)C1. The summed E-state index contributed by atoms with van der Waals surface area (Å²) >= 11 is 1.31. The number of thioether (sulfide) groups is 1. The first kappa shape index (κ1) is 12.8. The Bertz CT molecular complexity index is 712. The molecule has 2 unspecified atom stereocenters. The van der Waals surface area contributed by atoms with Gasteiger partial charge in [0.15, 0.2) is 9.84 Å². The fourth-order valence-electron chi connectivity index (χ4n) is 2.13. The van der Waals surface area contributed by atoms with E-state index in [9.17, 15) is 13.5 Å². The average molecular weight is 296 g/mol. The van der Waals surface area contributed by atoms with E-state index in [4.69, 9.17) is 0 Å². The summed E-state index contributed by atoms with van der Waals surface area (Å²) < 4.78 is 23.0. The fraction of sp³-hybridized carbons (Fsp3) is 0.333. The number of sulfone groups is 1. The molecule has 100 valence electrons. The van der Waals surface area contributed by atoms with Crippen LogP contribution in [0.25, 0.3) is 10.9 Å². The number of aliphatic hydroxyl groups excluding tert-OH is 1. The van der Waals surface area contributed by atoms with Crippen LogP contribution in [0.4, 0.5) is 0 Å². The quantitative estimate of drug-likeness (QED) is 0.829. The normalized spacial score (nSPS) is 25.7. The van der Waals surface area contributed by atoms with E-state index in [0.717, 1.165) is 10.9 Å². The maximum absolute atomic E-state index is 11.5. The summed E-state index contributed by atoms with van der Waals surface area (Å²) in [5.41, 5.74) is 0.815. The van der Waals surface area contributed by atoms with Crippen LogP contribution < -0.4 is 0 Å². The summed E-state index contributed by atoms with van der Waals surface area (Å²) in [6, 6.07) is 7.55. The summed E-state index contributed by atoms with van der Waals surface area (Å²) in [5.74, 6) is -0.162. The molecule has 1 aliphatic heterocycles. The molecule has 3 rings (SSSR count). The van der Waals surface area contributed by atoms with Crippen molar-refractivity contribution in [1.82, 2.24) is 9.97 Å². The number of aliphatic hydroxyl groups is 1. The fourth-order valence-corrected chi connectivity index (χ4v) is 5.70. The number of aromatic nitrogens is 2. The van der Waals surface area contributed by atoms with E-state index in [1.54, 1.807) is 0 Å². The van der Waals surface area contributed by atoms with E-state index in [2.05, 4.69) is 9.97 Å². The van der Waals surface area contributed by atoms with Crippen molar-refractivity contribution >= 4 is 32.5 Å². The minimum atomic E-state index is -3.13. The van der Waals surface area contributed by atoms with Crippen LogP contribution in [-0.2, 0) is 9.84 Å². The molecule has 0 radical (unpaired) electrons. The lowest BCUT2D eigenvalue weighted by atomic mass is 10.2. The molecule has 1 aromatic heterocycles. The molecule has 1 aromatic carbocycles. The largest absolute Gasteiger partial charge is 0.391 e. The number of benzene rings is 1. The third-order valence-corrected chi connectivity index (χ3v) is 6.30. The van der Waals surface area contributed by atoms with Crippen molar-refractivity contribution in [3.8, 4) is 0 Å². The van der Waals surface area contributed by atoms with Gasteiger partial charge in [-0.15, -0.1) is 0 Å². The molecule has 0 saturated carbocycles. The Kier molecular flexibility index (Phi) is 3.20. The standard InChI is InChI=1S/C12H12N2O3S2/c15-10-5-19(16,17)6-11(10)18-12-8-3-1-2-4-9(8)13-7-14-12/h1-4,7,10-11,15H,5-6H2. The predicted molar refractivity (Wildman–Crippen MR) is 73.8 cm³/mol. The minimum Gasteiger partial charge on any atom is -0.391 e. The average Bonchev–Trinajstić information content (AvgIpc) is 2.63. The number of para-hydroxylation sites is 1. The summed E-state index contributed by atoms with van der Waals surface area (Å²) in [6.07, 6.45) is 0.629. The van der Waals surface area contributed by atoms with Crippen molar-refractivity contribution in [2.75, 3.05) is 11.5 Å². The molecule has 2 heterocycles. The van der Waals surface area contributed by atoms with E-state index in [-0.39, 0.29) is 16.8 Å². The molecule has 1 N–H and O–H groups in total. The van der Waals surface area contributed by atoms with Crippen LogP contribution in [0.3, 0.4) is 0 Å². The molecule has 2 aromatic rings. The molecule has 1 fully saturated rings. The van der Waals surface area contributed by atoms with E-state index >= 15 is 0 Å². The lowest BCUT2D eigenvalue weighted by molar-refractivity contribution is 0.207. The molecule has 0 spiro atoms. The molecule has 5 nitrogen and oxygen atoms in total. The Balaban J connectivity index is 1.94. The van der Waals surface area contributed by atoms with Crippen LogP contribution in [0, 0.1) is 0 Å². The Labute approximate surface area is 115 Å². The maximum atomic E-state index is 11.5. The van der Waals surface area contributed by atoms with Gasteiger partial charge in [0.25, 0.3) is 0 Å². The lowest BCUT2D eigenvalue weighted by Gasteiger charge is -2.12. The number of hydrogen-bond donors (Lipinski definition) is 1. The van der Waals surface area contributed by atoms with E-state index in [1.807, 2.05) is 24.3 Å². The van der Waals surface area contributed by atoms with Gasteiger partial charge in [0, 0.05) is 5.39 Å². The molecule has 1 saturated heterocycles. The zero-order chi connectivity index (χ0) is 13.5. The summed E-state index contributed by atoms with van der Waals surface area (Å²) in [7, 11) is -3.13. The molecular weight excluding hydrogens is 284 g/mol. The first-order chi connectivity index (χ1) is 9.05. The van der Waals surface area contributed by atoms with Crippen LogP contribution in [0.2, 0.25) is 0 Å². The Morgan fingerprint density at radius 2 is 2.00 bits per heavy atom. The van der Waals surface area contributed by atoms with Gasteiger partial charge in [0.05, 0.1) is 28.4 Å². The highest BCUT2D eigenvalue weighted by Gasteiger charge is 2.37. The number of hydrogen-bond acceptors (Lipinski definition) is 6. The van der Waals surface area contributed by atoms with Crippen molar-refractivity contribution in [3.05, 3.63) is 30.6 Å². The smallest absolute Gasteiger partial charge is 0.154 e. The highest BCUT2D eigenvalue weighted by Crippen LogP contribution is 2.33. The third kappa shape index (κ3) is 2.58. The van der Waals surface area contributed by atoms with Gasteiger partial charge in [-0.2, -0.15) is 0 Å². The molecular formula is C12H12N2O3S2. The van der Waals surface area contributed by atoms with Crippen molar-refractivity contribution in [3.63, 3.8) is 0 Å². The van der Waals surface area contributed by atoms with Crippen LogP contribution in [0.15, 0.2) is 35.6 Å². The Hall–Kier alpha value is -1.18. The number of nitrogens with zero attached hydrogens (tertiary/aromatic N) is 2. The first-order valence-electron chi connectivity index (χ1n) is 5.80. The number of fused-ring (bicyclic) bond motifs is 1. The van der Waals surface area contributed by atoms with E-state index in [1.165, 1.54) is 18.1 Å². The van der Waals surface area contributed by atoms with Gasteiger partial charge in [-0.05, 0) is 6.07 Å². The van der Waals surface area contributed by atoms with Crippen molar-refractivity contribution in [2.45, 2.75) is 16.4 Å². The topological polar surface area (TPSA) is 80.2 Å². The van der Waals surface area contributed by atoms with E-state index in [0.29, 0.717) is 5.03 Å². The predicted octanol–water partition coefficient (Wildman–Crippen LogP) is 0.880. The van der Waals surface area contributed by atoms with Crippen LogP contribution in [0.5, 0.6) is 0 Å². The third-order valence-electron chi connectivity index (χ3n) is 3.04. The molecule has 19 heavy (non-hydrogen) atoms. The summed E-state index contributed by atoms with van der Waals surface area (Å²) in [4.78, 5) is 8.36. The lowest BCUT2D eigenvalue weighted by Crippen LogP contribution is -2.20. The van der Waals surface area contributed by atoms with Crippen molar-refractivity contribution in [2.24, 2.45) is 0 Å². The van der Waals surface area contributed by atoms with Crippen molar-refractivity contribution < 1.29 is 13.5 Å². The highest BCUT2D eigenvalue weighted by molar-refractivity contribution is 8.02. The maximum Gasteiger partial charge on any atom is 0.154 e. The summed E-state index contributed by atoms with van der Waals surface area (Å²) in [5, 5.41) is 11.1. The van der Waals surface area contributed by atoms with Gasteiger partial charge in [-0.25, -0.2) is 18.4 Å². The molecule has 0 aliphatic carbocycles. The van der Waals surface area contributed by atoms with Gasteiger partial charge in [-0.3, -0.25) is 0 Å². The zero-order valence-electron chi connectivity index (χ0n) is 9.93. The molecule has 2 atom stereocenters. The zero-order valence-corrected chi connectivity index (χ0v) is 11.6. The monoisotopic (exact) mass is 296 g/mol. The minimum absolute atomic E-state index is 0.00281. The highest BCUT2D eigenvalue weighted by atomic mass is 32.2. The van der Waals surface area contributed by atoms with Crippen LogP contribution >= 0.6 is 11.8 Å². The van der Waals surface area contributed by atoms with Gasteiger partial charge in [0.1, 0.15) is 11.4 Å². The second-order valence-electron chi connectivity index (χ2n) is 4.50. The molecule has 7 heteroatoms. The van der Waals surface area contributed by atoms with E-state index < -0.39 is 15.9 Å². The Morgan fingerprint density at radius 1 is 1.21 bits per heavy atom. The first-order valence-corrected chi connectivity index (χ1v) is 8.50. The Morgan fingerprint density at radius 3 is 2.74 bits per heavy atom. The van der Waals surface area contributed by atoms with Gasteiger partial charge in [0.2, 0.25) is 0 Å². The number of rotatable bonds is 2. The molecule has 0 bridgehead atoms. The van der Waals surface area contributed by atoms with Gasteiger partial charge < -0.3 is 5.11 Å².